The van der Waals surface area contributed by atoms with Crippen LogP contribution in [0.1, 0.15) is 31.1 Å². The summed E-state index contributed by atoms with van der Waals surface area (Å²) in [7, 11) is 0. The lowest BCUT2D eigenvalue weighted by Gasteiger charge is -2.21. The van der Waals surface area contributed by atoms with Crippen molar-refractivity contribution >= 4 is 29.0 Å². The van der Waals surface area contributed by atoms with E-state index in [1.54, 1.807) is 36.5 Å². The van der Waals surface area contributed by atoms with Gasteiger partial charge in [-0.2, -0.15) is 0 Å². The summed E-state index contributed by atoms with van der Waals surface area (Å²) in [6.07, 6.45) is 1.70. The first-order valence-corrected chi connectivity index (χ1v) is 7.02. The van der Waals surface area contributed by atoms with Gasteiger partial charge in [-0.05, 0) is 57.2 Å². The molecule has 5 heteroatoms. The fourth-order valence-corrected chi connectivity index (χ4v) is 1.89. The van der Waals surface area contributed by atoms with Crippen LogP contribution in [0.15, 0.2) is 42.6 Å². The third kappa shape index (κ3) is 4.76. The number of carbonyl (C=O) groups is 1. The van der Waals surface area contributed by atoms with Crippen molar-refractivity contribution in [2.24, 2.45) is 0 Å². The summed E-state index contributed by atoms with van der Waals surface area (Å²) in [4.78, 5) is 16.3. The van der Waals surface area contributed by atoms with E-state index in [4.69, 9.17) is 11.6 Å². The van der Waals surface area contributed by atoms with Gasteiger partial charge in [0.1, 0.15) is 5.82 Å². The third-order valence-corrected chi connectivity index (χ3v) is 2.88. The number of rotatable bonds is 3. The Morgan fingerprint density at radius 2 is 1.76 bits per heavy atom. The molecular formula is C16H18ClN3O. The fraction of sp³-hybridized carbons (Fsp3) is 0.250. The summed E-state index contributed by atoms with van der Waals surface area (Å²) in [5.74, 6) is 0.296. The first-order chi connectivity index (χ1) is 9.83. The van der Waals surface area contributed by atoms with Gasteiger partial charge in [-0.15, -0.1) is 0 Å². The number of carbonyl (C=O) groups excluding carboxylic acids is 1. The van der Waals surface area contributed by atoms with Crippen molar-refractivity contribution in [3.8, 4) is 0 Å². The van der Waals surface area contributed by atoms with Gasteiger partial charge in [-0.3, -0.25) is 4.79 Å². The number of aromatic nitrogens is 1. The molecule has 2 N–H and O–H groups in total. The van der Waals surface area contributed by atoms with Crippen LogP contribution >= 0.6 is 11.6 Å². The Hall–Kier alpha value is -2.07. The van der Waals surface area contributed by atoms with E-state index >= 15 is 0 Å². The van der Waals surface area contributed by atoms with Gasteiger partial charge in [0, 0.05) is 16.1 Å². The highest BCUT2D eigenvalue weighted by atomic mass is 35.5. The van der Waals surface area contributed by atoms with Crippen molar-refractivity contribution in [3.63, 3.8) is 0 Å². The van der Waals surface area contributed by atoms with Crippen LogP contribution in [-0.4, -0.2) is 16.4 Å². The van der Waals surface area contributed by atoms with E-state index in [0.717, 1.165) is 5.69 Å². The average molecular weight is 304 g/mol. The second-order valence-electron chi connectivity index (χ2n) is 5.77. The first kappa shape index (κ1) is 15.3. The lowest BCUT2D eigenvalue weighted by molar-refractivity contribution is 0.102. The molecule has 2 rings (SSSR count). The number of nitrogens with one attached hydrogen (secondary N) is 2. The van der Waals surface area contributed by atoms with Gasteiger partial charge in [0.15, 0.2) is 0 Å². The average Bonchev–Trinajstić information content (AvgIpc) is 2.40. The fourth-order valence-electron chi connectivity index (χ4n) is 1.76. The predicted molar refractivity (Wildman–Crippen MR) is 87.0 cm³/mol. The maximum absolute atomic E-state index is 12.0. The Morgan fingerprint density at radius 1 is 1.10 bits per heavy atom. The Labute approximate surface area is 129 Å². The monoisotopic (exact) mass is 303 g/mol. The molecule has 21 heavy (non-hydrogen) atoms. The lowest BCUT2D eigenvalue weighted by atomic mass is 10.1. The molecule has 0 aliphatic rings. The molecule has 0 saturated heterocycles. The van der Waals surface area contributed by atoms with Crippen LogP contribution in [0, 0.1) is 0 Å². The largest absolute Gasteiger partial charge is 0.379 e. The summed E-state index contributed by atoms with van der Waals surface area (Å²) in [6.45, 7) is 6.22. The number of halogens is 1. The van der Waals surface area contributed by atoms with E-state index in [1.165, 1.54) is 0 Å². The van der Waals surface area contributed by atoms with Crippen molar-refractivity contribution in [2.45, 2.75) is 26.3 Å². The topological polar surface area (TPSA) is 54.0 Å². The third-order valence-electron chi connectivity index (χ3n) is 2.63. The van der Waals surface area contributed by atoms with Crippen molar-refractivity contribution < 1.29 is 4.79 Å². The maximum Gasteiger partial charge on any atom is 0.256 e. The van der Waals surface area contributed by atoms with Gasteiger partial charge in [-0.25, -0.2) is 4.98 Å². The molecule has 0 aliphatic heterocycles. The quantitative estimate of drug-likeness (QED) is 0.893. The molecule has 0 spiro atoms. The zero-order valence-corrected chi connectivity index (χ0v) is 13.0. The number of amides is 1. The Morgan fingerprint density at radius 3 is 2.29 bits per heavy atom. The molecule has 4 nitrogen and oxygen atoms in total. The summed E-state index contributed by atoms with van der Waals surface area (Å²) < 4.78 is 0. The van der Waals surface area contributed by atoms with E-state index < -0.39 is 0 Å². The van der Waals surface area contributed by atoms with Gasteiger partial charge in [0.2, 0.25) is 0 Å². The second kappa shape index (κ2) is 6.14. The molecule has 1 amide bonds. The summed E-state index contributed by atoms with van der Waals surface area (Å²) in [5, 5.41) is 6.66. The molecular weight excluding hydrogens is 286 g/mol. The molecule has 0 unspecified atom stereocenters. The van der Waals surface area contributed by atoms with Crippen molar-refractivity contribution in [1.82, 2.24) is 4.98 Å². The summed E-state index contributed by atoms with van der Waals surface area (Å²) >= 11 is 5.80. The van der Waals surface area contributed by atoms with Crippen LogP contribution in [0.2, 0.25) is 5.02 Å². The Kier molecular flexibility index (Phi) is 4.48. The minimum Gasteiger partial charge on any atom is -0.379 e. The van der Waals surface area contributed by atoms with E-state index in [9.17, 15) is 4.79 Å². The number of hydrogen-bond donors (Lipinski definition) is 2. The van der Waals surface area contributed by atoms with Crippen molar-refractivity contribution in [1.29, 1.82) is 0 Å². The minimum atomic E-state index is -0.212. The molecule has 0 radical (unpaired) electrons. The minimum absolute atomic E-state index is 0.0320. The Bertz CT molecular complexity index is 615. The SMILES string of the molecule is CC(C)(C)Nc1ccc(NC(=O)c2ccc(Cl)cc2)nc1. The molecule has 0 aliphatic carbocycles. The standard InChI is InChI=1S/C16H18ClN3O/c1-16(2,3)20-13-8-9-14(18-10-13)19-15(21)11-4-6-12(17)7-5-11/h4-10,20H,1-3H3,(H,18,19,21). The van der Waals surface area contributed by atoms with Gasteiger partial charge >= 0.3 is 0 Å². The number of hydrogen-bond acceptors (Lipinski definition) is 3. The highest BCUT2D eigenvalue weighted by Crippen LogP contribution is 2.16. The number of benzene rings is 1. The van der Waals surface area contributed by atoms with Crippen molar-refractivity contribution in [2.75, 3.05) is 10.6 Å². The van der Waals surface area contributed by atoms with Crippen LogP contribution in [0.4, 0.5) is 11.5 Å². The van der Waals surface area contributed by atoms with Crippen LogP contribution in [-0.2, 0) is 0 Å². The van der Waals surface area contributed by atoms with Crippen LogP contribution in [0.25, 0.3) is 0 Å². The van der Waals surface area contributed by atoms with Gasteiger partial charge < -0.3 is 10.6 Å². The van der Waals surface area contributed by atoms with Gasteiger partial charge in [0.05, 0.1) is 11.9 Å². The van der Waals surface area contributed by atoms with E-state index in [-0.39, 0.29) is 11.4 Å². The Balaban J connectivity index is 2.03. The summed E-state index contributed by atoms with van der Waals surface area (Å²) in [5.41, 5.74) is 1.42. The molecule has 1 aromatic carbocycles. The molecule has 0 bridgehead atoms. The number of nitrogens with zero attached hydrogens (tertiary/aromatic N) is 1. The smallest absolute Gasteiger partial charge is 0.256 e. The number of pyridine rings is 1. The number of anilines is 2. The molecule has 1 aromatic heterocycles. The van der Waals surface area contributed by atoms with Crippen LogP contribution in [0.3, 0.4) is 0 Å². The second-order valence-corrected chi connectivity index (χ2v) is 6.20. The first-order valence-electron chi connectivity index (χ1n) is 6.65. The zero-order chi connectivity index (χ0) is 15.5. The van der Waals surface area contributed by atoms with E-state index in [2.05, 4.69) is 36.4 Å². The maximum atomic E-state index is 12.0. The molecule has 0 fully saturated rings. The van der Waals surface area contributed by atoms with Crippen molar-refractivity contribution in [3.05, 3.63) is 53.2 Å². The van der Waals surface area contributed by atoms with Crippen LogP contribution in [0.5, 0.6) is 0 Å². The van der Waals surface area contributed by atoms with Gasteiger partial charge in [0.25, 0.3) is 5.91 Å². The normalized spacial score (nSPS) is 11.0. The van der Waals surface area contributed by atoms with Crippen LogP contribution < -0.4 is 10.6 Å². The molecule has 2 aromatic rings. The highest BCUT2D eigenvalue weighted by Gasteiger charge is 2.10. The van der Waals surface area contributed by atoms with Gasteiger partial charge in [-0.1, -0.05) is 11.6 Å². The molecule has 0 saturated carbocycles. The molecule has 0 atom stereocenters. The lowest BCUT2D eigenvalue weighted by Crippen LogP contribution is -2.26. The van der Waals surface area contributed by atoms with E-state index in [0.29, 0.717) is 16.4 Å². The predicted octanol–water partition coefficient (Wildman–Crippen LogP) is 4.20. The molecule has 1 heterocycles. The molecule has 110 valence electrons. The highest BCUT2D eigenvalue weighted by molar-refractivity contribution is 6.30. The summed E-state index contributed by atoms with van der Waals surface area (Å²) in [6, 6.07) is 10.4. The zero-order valence-electron chi connectivity index (χ0n) is 12.3. The van der Waals surface area contributed by atoms with E-state index in [1.807, 2.05) is 6.07 Å².